The van der Waals surface area contributed by atoms with Gasteiger partial charge in [-0.1, -0.05) is 23.8 Å². The van der Waals surface area contributed by atoms with E-state index in [0.29, 0.717) is 13.0 Å². The second kappa shape index (κ2) is 10.5. The number of nitrogens with one attached hydrogen (secondary N) is 1. The molecule has 0 fully saturated rings. The van der Waals surface area contributed by atoms with Crippen LogP contribution in [0.1, 0.15) is 37.7 Å². The van der Waals surface area contributed by atoms with E-state index >= 15 is 0 Å². The molecular formula is C20H30N2O4S. The second-order valence-electron chi connectivity index (χ2n) is 6.90. The second-order valence-corrected chi connectivity index (χ2v) is 8.89. The van der Waals surface area contributed by atoms with Gasteiger partial charge < -0.3 is 10.1 Å². The van der Waals surface area contributed by atoms with Crippen LogP contribution >= 0.6 is 0 Å². The van der Waals surface area contributed by atoms with Crippen LogP contribution in [0.3, 0.4) is 0 Å². The molecule has 1 aromatic rings. The maximum atomic E-state index is 12.2. The van der Waals surface area contributed by atoms with Crippen molar-refractivity contribution < 1.29 is 17.9 Å². The first kappa shape index (κ1) is 21.4. The van der Waals surface area contributed by atoms with Crippen molar-refractivity contribution in [1.82, 2.24) is 9.62 Å². The zero-order valence-corrected chi connectivity index (χ0v) is 17.1. The Kier molecular flexibility index (Phi) is 8.31. The van der Waals surface area contributed by atoms with E-state index in [4.69, 9.17) is 4.74 Å². The minimum atomic E-state index is -3.45. The molecule has 0 unspecified atom stereocenters. The number of hydrogen-bond acceptors (Lipinski definition) is 4. The van der Waals surface area contributed by atoms with E-state index in [2.05, 4.69) is 11.4 Å². The lowest BCUT2D eigenvalue weighted by molar-refractivity contribution is -0.121. The lowest BCUT2D eigenvalue weighted by Crippen LogP contribution is -2.41. The summed E-state index contributed by atoms with van der Waals surface area (Å²) in [6, 6.07) is 7.48. The Hall–Kier alpha value is -1.86. The van der Waals surface area contributed by atoms with E-state index in [0.717, 1.165) is 36.8 Å². The molecule has 0 aromatic heterocycles. The van der Waals surface area contributed by atoms with Gasteiger partial charge in [0, 0.05) is 13.1 Å². The summed E-state index contributed by atoms with van der Waals surface area (Å²) in [5.41, 5.74) is 2.38. The van der Waals surface area contributed by atoms with Gasteiger partial charge in [-0.25, -0.2) is 8.42 Å². The van der Waals surface area contributed by atoms with Crippen molar-refractivity contribution >= 4 is 15.9 Å². The molecule has 27 heavy (non-hydrogen) atoms. The number of ether oxygens (including phenoxy) is 1. The Labute approximate surface area is 162 Å². The molecule has 6 nitrogen and oxygen atoms in total. The van der Waals surface area contributed by atoms with Gasteiger partial charge in [-0.2, -0.15) is 4.31 Å². The summed E-state index contributed by atoms with van der Waals surface area (Å²) in [5, 5.41) is 2.84. The molecule has 0 aliphatic heterocycles. The van der Waals surface area contributed by atoms with Crippen molar-refractivity contribution in [2.24, 2.45) is 0 Å². The molecule has 0 saturated carbocycles. The molecule has 0 radical (unpaired) electrons. The topological polar surface area (TPSA) is 75.7 Å². The van der Waals surface area contributed by atoms with Crippen molar-refractivity contribution in [3.8, 4) is 5.75 Å². The third-order valence-corrected chi connectivity index (χ3v) is 6.00. The van der Waals surface area contributed by atoms with Crippen LogP contribution in [-0.4, -0.2) is 51.6 Å². The largest absolute Gasteiger partial charge is 0.497 e. The fourth-order valence-corrected chi connectivity index (χ4v) is 3.89. The zero-order valence-electron chi connectivity index (χ0n) is 16.2. The third-order valence-electron chi connectivity index (χ3n) is 4.75. The van der Waals surface area contributed by atoms with Crippen molar-refractivity contribution in [2.45, 2.75) is 38.5 Å². The average Bonchev–Trinajstić information content (AvgIpc) is 2.65. The zero-order chi connectivity index (χ0) is 19.7. The predicted molar refractivity (Wildman–Crippen MR) is 107 cm³/mol. The number of carbonyl (C=O) groups excluding carboxylic acids is 1. The number of nitrogens with zero attached hydrogens (tertiary/aromatic N) is 1. The van der Waals surface area contributed by atoms with Crippen molar-refractivity contribution in [2.75, 3.05) is 33.0 Å². The first-order valence-electron chi connectivity index (χ1n) is 9.41. The minimum Gasteiger partial charge on any atom is -0.497 e. The number of methoxy groups -OCH3 is 1. The highest BCUT2D eigenvalue weighted by molar-refractivity contribution is 7.88. The number of amides is 1. The van der Waals surface area contributed by atoms with E-state index < -0.39 is 10.0 Å². The Morgan fingerprint density at radius 1 is 1.19 bits per heavy atom. The molecule has 1 aromatic carbocycles. The van der Waals surface area contributed by atoms with Gasteiger partial charge >= 0.3 is 0 Å². The van der Waals surface area contributed by atoms with Crippen molar-refractivity contribution in [1.29, 1.82) is 0 Å². The smallest absolute Gasteiger partial charge is 0.235 e. The lowest BCUT2D eigenvalue weighted by atomic mass is 9.97. The SMILES string of the molecule is COc1ccc(CCN(CC(=O)NCCC2=CCCCC2)S(C)(=O)=O)cc1. The Morgan fingerprint density at radius 2 is 1.93 bits per heavy atom. The van der Waals surface area contributed by atoms with Crippen molar-refractivity contribution in [3.05, 3.63) is 41.5 Å². The number of rotatable bonds is 10. The summed E-state index contributed by atoms with van der Waals surface area (Å²) in [5.74, 6) is 0.498. The van der Waals surface area contributed by atoms with Gasteiger partial charge in [0.2, 0.25) is 15.9 Å². The van der Waals surface area contributed by atoms with E-state index in [-0.39, 0.29) is 19.0 Å². The Morgan fingerprint density at radius 3 is 2.52 bits per heavy atom. The average molecular weight is 395 g/mol. The molecule has 1 aliphatic rings. The molecule has 1 aliphatic carbocycles. The van der Waals surface area contributed by atoms with Crippen LogP contribution in [-0.2, 0) is 21.2 Å². The van der Waals surface area contributed by atoms with Crippen molar-refractivity contribution in [3.63, 3.8) is 0 Å². The lowest BCUT2D eigenvalue weighted by Gasteiger charge is -2.20. The first-order chi connectivity index (χ1) is 12.9. The highest BCUT2D eigenvalue weighted by atomic mass is 32.2. The molecule has 0 atom stereocenters. The van der Waals surface area contributed by atoms with Gasteiger partial charge in [0.05, 0.1) is 19.9 Å². The molecule has 2 rings (SSSR count). The standard InChI is InChI=1S/C20H30N2O4S/c1-26-19-10-8-18(9-11-19)13-15-22(27(2,24)25)16-20(23)21-14-12-17-6-4-3-5-7-17/h6,8-11H,3-5,7,12-16H2,1-2H3,(H,21,23). The van der Waals surface area contributed by atoms with Gasteiger partial charge in [-0.3, -0.25) is 4.79 Å². The normalized spacial score (nSPS) is 14.7. The Bertz CT molecular complexity index is 742. The molecule has 0 saturated heterocycles. The molecule has 7 heteroatoms. The van der Waals surface area contributed by atoms with E-state index in [1.54, 1.807) is 7.11 Å². The van der Waals surface area contributed by atoms with Gasteiger partial charge in [-0.15, -0.1) is 0 Å². The molecule has 1 N–H and O–H groups in total. The van der Waals surface area contributed by atoms with Gasteiger partial charge in [0.25, 0.3) is 0 Å². The van der Waals surface area contributed by atoms with E-state index in [1.165, 1.54) is 22.7 Å². The van der Waals surface area contributed by atoms with Gasteiger partial charge in [-0.05, 0) is 56.2 Å². The molecule has 150 valence electrons. The fraction of sp³-hybridized carbons (Fsp3) is 0.550. The van der Waals surface area contributed by atoms with Gasteiger partial charge in [0.1, 0.15) is 5.75 Å². The molecule has 0 bridgehead atoms. The quantitative estimate of drug-likeness (QED) is 0.619. The monoisotopic (exact) mass is 394 g/mol. The highest BCUT2D eigenvalue weighted by Gasteiger charge is 2.20. The van der Waals surface area contributed by atoms with Crippen LogP contribution in [0.25, 0.3) is 0 Å². The molecular weight excluding hydrogens is 364 g/mol. The Balaban J connectivity index is 1.82. The number of benzene rings is 1. The summed E-state index contributed by atoms with van der Waals surface area (Å²) in [6.07, 6.45) is 9.46. The maximum absolute atomic E-state index is 12.2. The summed E-state index contributed by atoms with van der Waals surface area (Å²) in [4.78, 5) is 12.2. The third kappa shape index (κ3) is 7.72. The van der Waals surface area contributed by atoms with Crippen LogP contribution in [0, 0.1) is 0 Å². The summed E-state index contributed by atoms with van der Waals surface area (Å²) in [6.45, 7) is 0.679. The fourth-order valence-electron chi connectivity index (χ4n) is 3.12. The number of allylic oxidation sites excluding steroid dienone is 1. The van der Waals surface area contributed by atoms with E-state index in [9.17, 15) is 13.2 Å². The molecule has 0 spiro atoms. The summed E-state index contributed by atoms with van der Waals surface area (Å²) < 4.78 is 30.4. The van der Waals surface area contributed by atoms with E-state index in [1.807, 2.05) is 24.3 Å². The van der Waals surface area contributed by atoms with Crippen LogP contribution < -0.4 is 10.1 Å². The minimum absolute atomic E-state index is 0.145. The summed E-state index contributed by atoms with van der Waals surface area (Å²) in [7, 11) is -1.85. The molecule has 0 heterocycles. The van der Waals surface area contributed by atoms with Crippen LogP contribution in [0.5, 0.6) is 5.75 Å². The number of sulfonamides is 1. The maximum Gasteiger partial charge on any atom is 0.235 e. The molecule has 1 amide bonds. The first-order valence-corrected chi connectivity index (χ1v) is 11.3. The van der Waals surface area contributed by atoms with Crippen LogP contribution in [0.15, 0.2) is 35.9 Å². The number of hydrogen-bond donors (Lipinski definition) is 1. The number of carbonyl (C=O) groups is 1. The highest BCUT2D eigenvalue weighted by Crippen LogP contribution is 2.19. The van der Waals surface area contributed by atoms with Gasteiger partial charge in [0.15, 0.2) is 0 Å². The predicted octanol–water partition coefficient (Wildman–Crippen LogP) is 2.51. The van der Waals surface area contributed by atoms with Crippen LogP contribution in [0.4, 0.5) is 0 Å². The van der Waals surface area contributed by atoms with Crippen LogP contribution in [0.2, 0.25) is 0 Å². The summed E-state index contributed by atoms with van der Waals surface area (Å²) >= 11 is 0.